The van der Waals surface area contributed by atoms with Crippen LogP contribution in [0.2, 0.25) is 0 Å². The van der Waals surface area contributed by atoms with Crippen LogP contribution in [0.15, 0.2) is 54.6 Å². The van der Waals surface area contributed by atoms with Crippen molar-refractivity contribution in [1.82, 2.24) is 0 Å². The number of rotatable bonds is 8. The summed E-state index contributed by atoms with van der Waals surface area (Å²) in [6.07, 6.45) is 3.66. The smallest absolute Gasteiger partial charge is 0.185 e. The summed E-state index contributed by atoms with van der Waals surface area (Å²) in [4.78, 5) is 12.1. The van der Waals surface area contributed by atoms with E-state index < -0.39 is 0 Å². The summed E-state index contributed by atoms with van der Waals surface area (Å²) < 4.78 is 22.4. The van der Waals surface area contributed by atoms with E-state index in [0.29, 0.717) is 30.1 Å². The molecule has 0 aliphatic rings. The maximum absolute atomic E-state index is 12.1. The molecule has 0 spiro atoms. The molecule has 0 fully saturated rings. The number of allylic oxidation sites excluding steroid dienone is 1. The van der Waals surface area contributed by atoms with Crippen molar-refractivity contribution in [3.05, 3.63) is 65.7 Å². The maximum atomic E-state index is 12.1. The Hall–Kier alpha value is -2.62. The van der Waals surface area contributed by atoms with E-state index in [1.807, 2.05) is 12.1 Å². The third kappa shape index (κ3) is 5.25. The largest absolute Gasteiger partial charge is 0.497 e. The molecule has 0 aliphatic carbocycles. The minimum atomic E-state index is -0.381. The molecule has 23 heavy (non-hydrogen) atoms. The first-order chi connectivity index (χ1) is 11.2. The Balaban J connectivity index is 1.94. The van der Waals surface area contributed by atoms with E-state index >= 15 is 0 Å². The summed E-state index contributed by atoms with van der Waals surface area (Å²) in [5.74, 6) is 1.34. The topological polar surface area (TPSA) is 35.5 Å². The Labute approximate surface area is 135 Å². The van der Waals surface area contributed by atoms with Crippen molar-refractivity contribution in [2.75, 3.05) is 20.4 Å². The molecule has 0 aromatic heterocycles. The van der Waals surface area contributed by atoms with Crippen LogP contribution < -0.4 is 9.47 Å². The van der Waals surface area contributed by atoms with Crippen molar-refractivity contribution < 1.29 is 18.7 Å². The predicted molar refractivity (Wildman–Crippen MR) is 88.9 cm³/mol. The molecule has 0 N–H and O–H groups in total. The summed E-state index contributed by atoms with van der Waals surface area (Å²) in [7, 11) is 1.59. The van der Waals surface area contributed by atoms with E-state index in [4.69, 9.17) is 9.47 Å². The van der Waals surface area contributed by atoms with E-state index in [9.17, 15) is 9.18 Å². The molecule has 4 heteroatoms. The van der Waals surface area contributed by atoms with E-state index in [-0.39, 0.29) is 12.5 Å². The van der Waals surface area contributed by atoms with Gasteiger partial charge in [0.05, 0.1) is 20.4 Å². The summed E-state index contributed by atoms with van der Waals surface area (Å²) in [5.41, 5.74) is 1.50. The quantitative estimate of drug-likeness (QED) is 0.413. The Morgan fingerprint density at radius 3 is 2.30 bits per heavy atom. The fraction of sp³-hybridized carbons (Fsp3) is 0.211. The van der Waals surface area contributed by atoms with Crippen LogP contribution in [0.3, 0.4) is 0 Å². The zero-order chi connectivity index (χ0) is 16.5. The number of carbonyl (C=O) groups excluding carboxylic acids is 1. The standard InChI is InChI=1S/C19H19FO3/c1-22-17-10-6-16(7-11-17)19(21)12-5-15-3-8-18(9-4-15)23-14-2-13-20/h3-12H,2,13-14H2,1H3/b12-5+. The zero-order valence-electron chi connectivity index (χ0n) is 13.0. The lowest BCUT2D eigenvalue weighted by Crippen LogP contribution is -1.97. The molecule has 0 amide bonds. The van der Waals surface area contributed by atoms with Crippen LogP contribution in [0.25, 0.3) is 6.08 Å². The van der Waals surface area contributed by atoms with Gasteiger partial charge in [0.15, 0.2) is 5.78 Å². The van der Waals surface area contributed by atoms with Crippen LogP contribution in [-0.4, -0.2) is 26.2 Å². The second kappa shape index (κ2) is 8.73. The van der Waals surface area contributed by atoms with Crippen LogP contribution in [0.5, 0.6) is 11.5 Å². The fourth-order valence-electron chi connectivity index (χ4n) is 1.94. The number of halogens is 1. The monoisotopic (exact) mass is 314 g/mol. The number of alkyl halides is 1. The molecule has 0 unspecified atom stereocenters. The van der Waals surface area contributed by atoms with Gasteiger partial charge in [-0.1, -0.05) is 18.2 Å². The third-order valence-electron chi connectivity index (χ3n) is 3.23. The SMILES string of the molecule is COc1ccc(C(=O)/C=C/c2ccc(OCCCF)cc2)cc1. The van der Waals surface area contributed by atoms with Gasteiger partial charge in [-0.2, -0.15) is 0 Å². The van der Waals surface area contributed by atoms with Crippen molar-refractivity contribution in [1.29, 1.82) is 0 Å². The lowest BCUT2D eigenvalue weighted by atomic mass is 10.1. The van der Waals surface area contributed by atoms with Gasteiger partial charge in [-0.05, 0) is 48.0 Å². The lowest BCUT2D eigenvalue weighted by Gasteiger charge is -2.04. The molecule has 3 nitrogen and oxygen atoms in total. The van der Waals surface area contributed by atoms with Gasteiger partial charge in [0.1, 0.15) is 11.5 Å². The lowest BCUT2D eigenvalue weighted by molar-refractivity contribution is 0.104. The third-order valence-corrected chi connectivity index (χ3v) is 3.23. The first kappa shape index (κ1) is 16.7. The zero-order valence-corrected chi connectivity index (χ0v) is 13.0. The highest BCUT2D eigenvalue weighted by Crippen LogP contribution is 2.15. The van der Waals surface area contributed by atoms with Crippen LogP contribution in [0.1, 0.15) is 22.3 Å². The molecular formula is C19H19FO3. The maximum Gasteiger partial charge on any atom is 0.185 e. The van der Waals surface area contributed by atoms with Crippen LogP contribution in [0, 0.1) is 0 Å². The Bertz CT molecular complexity index is 645. The summed E-state index contributed by atoms with van der Waals surface area (Å²) in [6, 6.07) is 14.3. The van der Waals surface area contributed by atoms with Gasteiger partial charge in [0, 0.05) is 12.0 Å². The van der Waals surface area contributed by atoms with Gasteiger partial charge >= 0.3 is 0 Å². The van der Waals surface area contributed by atoms with E-state index in [2.05, 4.69) is 0 Å². The van der Waals surface area contributed by atoms with Gasteiger partial charge in [0.25, 0.3) is 0 Å². The van der Waals surface area contributed by atoms with Crippen LogP contribution >= 0.6 is 0 Å². The van der Waals surface area contributed by atoms with Crippen molar-refractivity contribution in [2.45, 2.75) is 6.42 Å². The number of carbonyl (C=O) groups is 1. The van der Waals surface area contributed by atoms with E-state index in [1.54, 1.807) is 49.6 Å². The van der Waals surface area contributed by atoms with Gasteiger partial charge in [0.2, 0.25) is 0 Å². The van der Waals surface area contributed by atoms with Crippen molar-refractivity contribution in [2.24, 2.45) is 0 Å². The van der Waals surface area contributed by atoms with Crippen molar-refractivity contribution in [3.8, 4) is 11.5 Å². The van der Waals surface area contributed by atoms with Crippen molar-refractivity contribution >= 4 is 11.9 Å². The van der Waals surface area contributed by atoms with E-state index in [1.165, 1.54) is 6.08 Å². The molecule has 0 saturated carbocycles. The Kier molecular flexibility index (Phi) is 6.36. The molecular weight excluding hydrogens is 295 g/mol. The molecule has 2 rings (SSSR count). The van der Waals surface area contributed by atoms with Gasteiger partial charge in [-0.15, -0.1) is 0 Å². The van der Waals surface area contributed by atoms with Gasteiger partial charge in [-0.25, -0.2) is 0 Å². The normalized spacial score (nSPS) is 10.7. The molecule has 0 heterocycles. The fourth-order valence-corrected chi connectivity index (χ4v) is 1.94. The molecule has 2 aromatic rings. The number of hydrogen-bond acceptors (Lipinski definition) is 3. The van der Waals surface area contributed by atoms with Crippen LogP contribution in [0.4, 0.5) is 4.39 Å². The molecule has 0 atom stereocenters. The molecule has 0 radical (unpaired) electrons. The highest BCUT2D eigenvalue weighted by atomic mass is 19.1. The summed E-state index contributed by atoms with van der Waals surface area (Å²) >= 11 is 0. The first-order valence-corrected chi connectivity index (χ1v) is 7.38. The molecule has 120 valence electrons. The van der Waals surface area contributed by atoms with Crippen molar-refractivity contribution in [3.63, 3.8) is 0 Å². The Morgan fingerprint density at radius 1 is 1.04 bits per heavy atom. The van der Waals surface area contributed by atoms with E-state index in [0.717, 1.165) is 5.56 Å². The summed E-state index contributed by atoms with van der Waals surface area (Å²) in [5, 5.41) is 0. The predicted octanol–water partition coefficient (Wildman–Crippen LogP) is 4.33. The van der Waals surface area contributed by atoms with Crippen LogP contribution in [-0.2, 0) is 0 Å². The summed E-state index contributed by atoms with van der Waals surface area (Å²) in [6.45, 7) is -0.0179. The second-order valence-corrected chi connectivity index (χ2v) is 4.89. The van der Waals surface area contributed by atoms with Gasteiger partial charge in [-0.3, -0.25) is 9.18 Å². The number of methoxy groups -OCH3 is 1. The number of ketones is 1. The average Bonchev–Trinajstić information content (AvgIpc) is 2.61. The Morgan fingerprint density at radius 2 is 1.70 bits per heavy atom. The molecule has 2 aromatic carbocycles. The second-order valence-electron chi connectivity index (χ2n) is 4.89. The highest BCUT2D eigenvalue weighted by Gasteiger charge is 2.02. The molecule has 0 bridgehead atoms. The number of ether oxygens (including phenoxy) is 2. The highest BCUT2D eigenvalue weighted by molar-refractivity contribution is 6.06. The number of hydrogen-bond donors (Lipinski definition) is 0. The molecule has 0 aliphatic heterocycles. The number of benzene rings is 2. The molecule has 0 saturated heterocycles. The minimum Gasteiger partial charge on any atom is -0.497 e. The first-order valence-electron chi connectivity index (χ1n) is 7.38. The average molecular weight is 314 g/mol. The van der Waals surface area contributed by atoms with Gasteiger partial charge < -0.3 is 9.47 Å². The minimum absolute atomic E-state index is 0.0732.